The van der Waals surface area contributed by atoms with E-state index in [1.807, 2.05) is 12.1 Å². The number of benzene rings is 1. The first-order valence-electron chi connectivity index (χ1n) is 7.38. The summed E-state index contributed by atoms with van der Waals surface area (Å²) in [4.78, 5) is 10.2. The van der Waals surface area contributed by atoms with Crippen molar-refractivity contribution < 1.29 is 17.8 Å². The Labute approximate surface area is 143 Å². The van der Waals surface area contributed by atoms with E-state index >= 15 is 0 Å². The van der Waals surface area contributed by atoms with Crippen molar-refractivity contribution in [1.29, 1.82) is 0 Å². The summed E-state index contributed by atoms with van der Waals surface area (Å²) in [6.45, 7) is 0.719. The molecule has 2 heterocycles. The summed E-state index contributed by atoms with van der Waals surface area (Å²) in [5.74, 6) is 1.48. The molecule has 1 saturated heterocycles. The zero-order valence-corrected chi connectivity index (χ0v) is 14.3. The quantitative estimate of drug-likeness (QED) is 0.608. The summed E-state index contributed by atoms with van der Waals surface area (Å²) in [7, 11) is -3.75. The van der Waals surface area contributed by atoms with Crippen LogP contribution in [0.2, 0.25) is 0 Å². The number of hydrogen-bond donors (Lipinski definition) is 0. The normalized spacial score (nSPS) is 19.8. The van der Waals surface area contributed by atoms with Crippen LogP contribution < -0.4 is 0 Å². The fourth-order valence-electron chi connectivity index (χ4n) is 2.60. The van der Waals surface area contributed by atoms with Crippen molar-refractivity contribution in [3.05, 3.63) is 58.5 Å². The predicted molar refractivity (Wildman–Crippen MR) is 90.4 cm³/mol. The molecule has 1 aromatic heterocycles. The lowest BCUT2D eigenvalue weighted by molar-refractivity contribution is -0.385. The van der Waals surface area contributed by atoms with Gasteiger partial charge in [-0.15, -0.1) is 11.8 Å². The second kappa shape index (κ2) is 6.96. The molecule has 0 bridgehead atoms. The molecule has 1 unspecified atom stereocenters. The van der Waals surface area contributed by atoms with Gasteiger partial charge in [0.05, 0.1) is 21.3 Å². The number of rotatable bonds is 4. The summed E-state index contributed by atoms with van der Waals surface area (Å²) in [5, 5.41) is 11.0. The largest absolute Gasteiger partial charge is 0.468 e. The molecule has 1 aromatic carbocycles. The van der Waals surface area contributed by atoms with Gasteiger partial charge in [0.25, 0.3) is 5.69 Å². The highest BCUT2D eigenvalue weighted by molar-refractivity contribution is 7.99. The van der Waals surface area contributed by atoms with Crippen LogP contribution in [0.4, 0.5) is 5.69 Å². The Bertz CT molecular complexity index is 820. The molecule has 0 aliphatic carbocycles. The summed E-state index contributed by atoms with van der Waals surface area (Å²) >= 11 is 1.66. The van der Waals surface area contributed by atoms with Gasteiger partial charge in [-0.2, -0.15) is 4.31 Å². The van der Waals surface area contributed by atoms with Crippen LogP contribution in [0, 0.1) is 10.1 Å². The molecule has 3 rings (SSSR count). The van der Waals surface area contributed by atoms with Gasteiger partial charge in [-0.25, -0.2) is 8.42 Å². The van der Waals surface area contributed by atoms with Crippen LogP contribution >= 0.6 is 11.8 Å². The predicted octanol–water partition coefficient (Wildman–Crippen LogP) is 3.06. The highest BCUT2D eigenvalue weighted by atomic mass is 32.2. The molecule has 1 aliphatic heterocycles. The van der Waals surface area contributed by atoms with Gasteiger partial charge in [-0.1, -0.05) is 6.07 Å². The third-order valence-corrected chi connectivity index (χ3v) is 7.01. The molecule has 0 spiro atoms. The van der Waals surface area contributed by atoms with E-state index in [4.69, 9.17) is 4.42 Å². The number of furan rings is 1. The number of non-ortho nitro benzene ring substituents is 1. The smallest absolute Gasteiger partial charge is 0.270 e. The maximum absolute atomic E-state index is 12.8. The van der Waals surface area contributed by atoms with E-state index in [9.17, 15) is 18.5 Å². The molecule has 24 heavy (non-hydrogen) atoms. The zero-order valence-electron chi connectivity index (χ0n) is 12.7. The second-order valence-electron chi connectivity index (χ2n) is 5.32. The minimum Gasteiger partial charge on any atom is -0.468 e. The number of hydrogen-bond acceptors (Lipinski definition) is 6. The lowest BCUT2D eigenvalue weighted by atomic mass is 10.2. The van der Waals surface area contributed by atoms with Crippen LogP contribution in [0.15, 0.2) is 52.0 Å². The van der Waals surface area contributed by atoms with Crippen molar-refractivity contribution in [2.45, 2.75) is 16.6 Å². The number of nitro benzene ring substituents is 1. The van der Waals surface area contributed by atoms with Gasteiger partial charge in [-0.3, -0.25) is 10.1 Å². The fourth-order valence-corrected chi connectivity index (χ4v) is 5.39. The van der Waals surface area contributed by atoms with Crippen LogP contribution in [-0.4, -0.2) is 36.5 Å². The fraction of sp³-hybridized carbons (Fsp3) is 0.333. The first-order valence-corrected chi connectivity index (χ1v) is 9.87. The van der Waals surface area contributed by atoms with Gasteiger partial charge >= 0.3 is 0 Å². The molecule has 0 amide bonds. The van der Waals surface area contributed by atoms with Crippen molar-refractivity contribution >= 4 is 27.5 Å². The van der Waals surface area contributed by atoms with Crippen LogP contribution in [0.25, 0.3) is 0 Å². The molecule has 9 heteroatoms. The zero-order chi connectivity index (χ0) is 17.2. The molecule has 128 valence electrons. The van der Waals surface area contributed by atoms with E-state index < -0.39 is 14.9 Å². The number of sulfonamides is 1. The minimum absolute atomic E-state index is 0.0434. The Morgan fingerprint density at radius 3 is 2.79 bits per heavy atom. The standard InChI is InChI=1S/C15H16N2O5S2/c18-17(19)12-3-1-4-13(11-12)24(20,21)16-7-6-15(23-10-8-16)14-5-2-9-22-14/h1-5,9,11,15H,6-8,10H2. The van der Waals surface area contributed by atoms with E-state index in [0.717, 1.165) is 11.8 Å². The SMILES string of the molecule is O=[N+]([O-])c1cccc(S(=O)(=O)N2CCSC(c3ccco3)CC2)c1. The van der Waals surface area contributed by atoms with Crippen molar-refractivity contribution in [3.8, 4) is 0 Å². The third kappa shape index (κ3) is 3.47. The van der Waals surface area contributed by atoms with Crippen molar-refractivity contribution in [1.82, 2.24) is 4.31 Å². The molecule has 1 aliphatic rings. The topological polar surface area (TPSA) is 93.7 Å². The first-order chi connectivity index (χ1) is 11.5. The van der Waals surface area contributed by atoms with Gasteiger partial charge < -0.3 is 4.42 Å². The summed E-state index contributed by atoms with van der Waals surface area (Å²) < 4.78 is 32.4. The van der Waals surface area contributed by atoms with Crippen LogP contribution in [0.5, 0.6) is 0 Å². The average molecular weight is 368 g/mol. The van der Waals surface area contributed by atoms with Crippen molar-refractivity contribution in [2.24, 2.45) is 0 Å². The van der Waals surface area contributed by atoms with E-state index in [1.165, 1.54) is 22.5 Å². The number of thioether (sulfide) groups is 1. The second-order valence-corrected chi connectivity index (χ2v) is 8.57. The van der Waals surface area contributed by atoms with Crippen molar-refractivity contribution in [2.75, 3.05) is 18.8 Å². The van der Waals surface area contributed by atoms with E-state index in [1.54, 1.807) is 18.0 Å². The average Bonchev–Trinajstić information content (AvgIpc) is 2.99. The minimum atomic E-state index is -3.75. The van der Waals surface area contributed by atoms with Gasteiger partial charge in [0.1, 0.15) is 5.76 Å². The first kappa shape index (κ1) is 17.0. The summed E-state index contributed by atoms with van der Waals surface area (Å²) in [5.41, 5.74) is -0.228. The van der Waals surface area contributed by atoms with E-state index in [-0.39, 0.29) is 15.8 Å². The monoisotopic (exact) mass is 368 g/mol. The van der Waals surface area contributed by atoms with E-state index in [2.05, 4.69) is 0 Å². The Balaban J connectivity index is 1.80. The summed E-state index contributed by atoms with van der Waals surface area (Å²) in [6, 6.07) is 8.88. The Morgan fingerprint density at radius 1 is 1.25 bits per heavy atom. The molecule has 0 saturated carbocycles. The van der Waals surface area contributed by atoms with Gasteiger partial charge in [0.2, 0.25) is 10.0 Å². The highest BCUT2D eigenvalue weighted by Gasteiger charge is 2.30. The molecule has 1 atom stereocenters. The Hall–Kier alpha value is -1.84. The maximum Gasteiger partial charge on any atom is 0.270 e. The lowest BCUT2D eigenvalue weighted by Gasteiger charge is -2.19. The molecule has 2 aromatic rings. The molecule has 7 nitrogen and oxygen atoms in total. The van der Waals surface area contributed by atoms with Gasteiger partial charge in [0, 0.05) is 31.0 Å². The molecular formula is C15H16N2O5S2. The van der Waals surface area contributed by atoms with Crippen LogP contribution in [0.3, 0.4) is 0 Å². The number of nitrogens with zero attached hydrogens (tertiary/aromatic N) is 2. The van der Waals surface area contributed by atoms with E-state index in [0.29, 0.717) is 25.3 Å². The molecule has 1 fully saturated rings. The molecule has 0 radical (unpaired) electrons. The summed E-state index contributed by atoms with van der Waals surface area (Å²) in [6.07, 6.45) is 2.24. The van der Waals surface area contributed by atoms with Crippen molar-refractivity contribution in [3.63, 3.8) is 0 Å². The van der Waals surface area contributed by atoms with Gasteiger partial charge in [0.15, 0.2) is 0 Å². The number of nitro groups is 1. The lowest BCUT2D eigenvalue weighted by Crippen LogP contribution is -2.33. The Kier molecular flexibility index (Phi) is 4.93. The van der Waals surface area contributed by atoms with Crippen LogP contribution in [0.1, 0.15) is 17.4 Å². The van der Waals surface area contributed by atoms with Gasteiger partial charge in [-0.05, 0) is 24.6 Å². The Morgan fingerprint density at radius 2 is 2.08 bits per heavy atom. The third-order valence-electron chi connectivity index (χ3n) is 3.83. The maximum atomic E-state index is 12.8. The molecule has 0 N–H and O–H groups in total. The van der Waals surface area contributed by atoms with Crippen LogP contribution in [-0.2, 0) is 10.0 Å². The highest BCUT2D eigenvalue weighted by Crippen LogP contribution is 2.35. The molecular weight excluding hydrogens is 352 g/mol.